The topological polar surface area (TPSA) is 60.7 Å². The van der Waals surface area contributed by atoms with Gasteiger partial charge in [0.1, 0.15) is 6.61 Å². The van der Waals surface area contributed by atoms with Crippen LogP contribution in [0.5, 0.6) is 0 Å². The summed E-state index contributed by atoms with van der Waals surface area (Å²) in [5, 5.41) is 0. The normalized spacial score (nSPS) is 12.1. The number of imidazole rings is 1. The third-order valence-corrected chi connectivity index (χ3v) is 3.17. The quantitative estimate of drug-likeness (QED) is 0.808. The molecule has 0 amide bonds. The highest BCUT2D eigenvalue weighted by Gasteiger charge is 2.08. The van der Waals surface area contributed by atoms with Gasteiger partial charge in [-0.2, -0.15) is 8.42 Å². The molecule has 0 aromatic carbocycles. The molecule has 5 nitrogen and oxygen atoms in total. The number of fused-ring (bicyclic) bond motifs is 1. The van der Waals surface area contributed by atoms with E-state index in [1.807, 2.05) is 6.07 Å². The molecular formula is C9H9BrN2O3S. The average Bonchev–Trinajstić information content (AvgIpc) is 2.65. The van der Waals surface area contributed by atoms with Crippen molar-refractivity contribution < 1.29 is 12.6 Å². The molecule has 0 spiro atoms. The van der Waals surface area contributed by atoms with Gasteiger partial charge in [-0.15, -0.1) is 0 Å². The summed E-state index contributed by atoms with van der Waals surface area (Å²) < 4.78 is 29.1. The van der Waals surface area contributed by atoms with Gasteiger partial charge in [0, 0.05) is 12.4 Å². The summed E-state index contributed by atoms with van der Waals surface area (Å²) in [6, 6.07) is 3.59. The van der Waals surface area contributed by atoms with Crippen LogP contribution >= 0.6 is 15.9 Å². The molecule has 0 aliphatic heterocycles. The lowest BCUT2D eigenvalue weighted by atomic mass is 10.3. The molecule has 0 aliphatic rings. The molecule has 86 valence electrons. The summed E-state index contributed by atoms with van der Waals surface area (Å²) in [6.45, 7) is -0.00102. The molecule has 2 heterocycles. The molecule has 7 heteroatoms. The van der Waals surface area contributed by atoms with Crippen LogP contribution in [0, 0.1) is 0 Å². The van der Waals surface area contributed by atoms with E-state index in [9.17, 15) is 8.42 Å². The van der Waals surface area contributed by atoms with Crippen molar-refractivity contribution in [2.75, 3.05) is 6.26 Å². The summed E-state index contributed by atoms with van der Waals surface area (Å²) in [5.74, 6) is 0. The second-order valence-electron chi connectivity index (χ2n) is 3.26. The molecule has 0 saturated heterocycles. The lowest BCUT2D eigenvalue weighted by Crippen LogP contribution is -2.05. The van der Waals surface area contributed by atoms with Gasteiger partial charge in [-0.1, -0.05) is 0 Å². The Hall–Kier alpha value is -0.920. The van der Waals surface area contributed by atoms with Crippen LogP contribution in [-0.2, 0) is 20.9 Å². The molecule has 0 unspecified atom stereocenters. The van der Waals surface area contributed by atoms with Gasteiger partial charge in [0.05, 0.1) is 16.4 Å². The van der Waals surface area contributed by atoms with Crippen LogP contribution in [0.4, 0.5) is 0 Å². The van der Waals surface area contributed by atoms with Crippen LogP contribution in [0.15, 0.2) is 29.0 Å². The summed E-state index contributed by atoms with van der Waals surface area (Å²) in [4.78, 5) is 4.13. The molecule has 2 rings (SSSR count). The van der Waals surface area contributed by atoms with E-state index in [-0.39, 0.29) is 6.61 Å². The van der Waals surface area contributed by atoms with E-state index in [0.717, 1.165) is 22.1 Å². The van der Waals surface area contributed by atoms with E-state index in [2.05, 4.69) is 20.9 Å². The van der Waals surface area contributed by atoms with Crippen molar-refractivity contribution in [1.82, 2.24) is 9.38 Å². The molecule has 0 N–H and O–H groups in total. The number of rotatable bonds is 3. The first-order valence-corrected chi connectivity index (χ1v) is 7.03. The molecule has 2 aromatic heterocycles. The third-order valence-electron chi connectivity index (χ3n) is 2.01. The number of pyridine rings is 1. The maximum absolute atomic E-state index is 10.9. The number of halogens is 1. The minimum atomic E-state index is -3.43. The highest BCUT2D eigenvalue weighted by atomic mass is 79.9. The summed E-state index contributed by atoms with van der Waals surface area (Å²) in [7, 11) is -3.43. The fourth-order valence-electron chi connectivity index (χ4n) is 1.32. The van der Waals surface area contributed by atoms with Crippen molar-refractivity contribution >= 4 is 31.7 Å². The predicted octanol–water partition coefficient (Wildman–Crippen LogP) is 1.57. The van der Waals surface area contributed by atoms with Gasteiger partial charge >= 0.3 is 0 Å². The zero-order valence-corrected chi connectivity index (χ0v) is 10.8. The molecule has 16 heavy (non-hydrogen) atoms. The lowest BCUT2D eigenvalue weighted by molar-refractivity contribution is 0.305. The smallest absolute Gasteiger partial charge is 0.264 e. The van der Waals surface area contributed by atoms with Gasteiger partial charge < -0.3 is 4.40 Å². The molecule has 0 aliphatic carbocycles. The van der Waals surface area contributed by atoms with Crippen molar-refractivity contribution in [3.05, 3.63) is 34.7 Å². The number of nitrogens with zero attached hydrogens (tertiary/aromatic N) is 2. The van der Waals surface area contributed by atoms with Gasteiger partial charge in [-0.3, -0.25) is 4.18 Å². The Balaban J connectivity index is 2.38. The van der Waals surface area contributed by atoms with Crippen molar-refractivity contribution in [1.29, 1.82) is 0 Å². The summed E-state index contributed by atoms with van der Waals surface area (Å²) in [6.07, 6.45) is 4.42. The fourth-order valence-corrected chi connectivity index (χ4v) is 2.08. The largest absolute Gasteiger partial charge is 0.301 e. The van der Waals surface area contributed by atoms with Crippen molar-refractivity contribution in [2.24, 2.45) is 0 Å². The highest BCUT2D eigenvalue weighted by Crippen LogP contribution is 2.18. The van der Waals surface area contributed by atoms with Gasteiger partial charge in [-0.05, 0) is 28.1 Å². The first kappa shape index (κ1) is 11.6. The minimum Gasteiger partial charge on any atom is -0.301 e. The molecule has 0 fully saturated rings. The second kappa shape index (κ2) is 4.15. The Morgan fingerprint density at radius 1 is 1.50 bits per heavy atom. The van der Waals surface area contributed by atoms with E-state index in [4.69, 9.17) is 4.18 Å². The predicted molar refractivity (Wildman–Crippen MR) is 62.5 cm³/mol. The third kappa shape index (κ3) is 2.42. The van der Waals surface area contributed by atoms with Crippen LogP contribution in [-0.4, -0.2) is 24.1 Å². The van der Waals surface area contributed by atoms with E-state index >= 15 is 0 Å². The van der Waals surface area contributed by atoms with E-state index in [1.165, 1.54) is 0 Å². The highest BCUT2D eigenvalue weighted by molar-refractivity contribution is 9.10. The van der Waals surface area contributed by atoms with E-state index in [1.54, 1.807) is 22.9 Å². The maximum Gasteiger partial charge on any atom is 0.264 e. The van der Waals surface area contributed by atoms with Crippen LogP contribution < -0.4 is 0 Å². The van der Waals surface area contributed by atoms with Crippen LogP contribution in [0.2, 0.25) is 0 Å². The average molecular weight is 305 g/mol. The molecule has 0 atom stereocenters. The minimum absolute atomic E-state index is 0.00102. The van der Waals surface area contributed by atoms with Crippen LogP contribution in [0.3, 0.4) is 0 Å². The number of hydrogen-bond acceptors (Lipinski definition) is 4. The van der Waals surface area contributed by atoms with Crippen LogP contribution in [0.25, 0.3) is 5.65 Å². The number of hydrogen-bond donors (Lipinski definition) is 0. The summed E-state index contributed by atoms with van der Waals surface area (Å²) in [5.41, 5.74) is 1.45. The molecule has 0 bridgehead atoms. The van der Waals surface area contributed by atoms with Crippen molar-refractivity contribution in [2.45, 2.75) is 6.61 Å². The van der Waals surface area contributed by atoms with Gasteiger partial charge in [0.15, 0.2) is 5.65 Å². The van der Waals surface area contributed by atoms with E-state index in [0.29, 0.717) is 0 Å². The zero-order valence-electron chi connectivity index (χ0n) is 8.42. The Kier molecular flexibility index (Phi) is 3.00. The molecule has 0 radical (unpaired) electrons. The monoisotopic (exact) mass is 304 g/mol. The Morgan fingerprint density at radius 2 is 2.25 bits per heavy atom. The molecular weight excluding hydrogens is 296 g/mol. The van der Waals surface area contributed by atoms with Gasteiger partial charge in [0.25, 0.3) is 10.1 Å². The molecule has 2 aromatic rings. The van der Waals surface area contributed by atoms with Gasteiger partial charge in [-0.25, -0.2) is 4.98 Å². The Bertz CT molecular complexity index is 621. The second-order valence-corrected chi connectivity index (χ2v) is 5.76. The standard InChI is InChI=1S/C9H9BrN2O3S/c1-16(13,14)15-6-7-2-3-8(10)9-11-4-5-12(7)9/h2-5H,6H2,1H3. The molecule has 0 saturated carbocycles. The van der Waals surface area contributed by atoms with Crippen molar-refractivity contribution in [3.63, 3.8) is 0 Å². The summed E-state index contributed by atoms with van der Waals surface area (Å²) >= 11 is 3.36. The first-order chi connectivity index (χ1) is 7.47. The maximum atomic E-state index is 10.9. The SMILES string of the molecule is CS(=O)(=O)OCc1ccc(Br)c2nccn12. The van der Waals surface area contributed by atoms with Crippen molar-refractivity contribution in [3.8, 4) is 0 Å². The Labute approximate surface area is 101 Å². The number of aromatic nitrogens is 2. The first-order valence-electron chi connectivity index (χ1n) is 4.42. The van der Waals surface area contributed by atoms with E-state index < -0.39 is 10.1 Å². The fraction of sp³-hybridized carbons (Fsp3) is 0.222. The van der Waals surface area contributed by atoms with Gasteiger partial charge in [0.2, 0.25) is 0 Å². The Morgan fingerprint density at radius 3 is 2.94 bits per heavy atom. The lowest BCUT2D eigenvalue weighted by Gasteiger charge is -2.06. The zero-order chi connectivity index (χ0) is 11.8. The van der Waals surface area contributed by atoms with Crippen LogP contribution in [0.1, 0.15) is 5.69 Å².